The van der Waals surface area contributed by atoms with Crippen LogP contribution < -0.4 is 0 Å². The van der Waals surface area contributed by atoms with Gasteiger partial charge in [-0.05, 0) is 24.0 Å². The molecule has 0 aliphatic carbocycles. The van der Waals surface area contributed by atoms with E-state index in [9.17, 15) is 17.6 Å². The molecule has 0 heterocycles. The predicted molar refractivity (Wildman–Crippen MR) is 59.4 cm³/mol. The van der Waals surface area contributed by atoms with Gasteiger partial charge in [0.1, 0.15) is 5.82 Å². The van der Waals surface area contributed by atoms with E-state index in [1.165, 1.54) is 12.1 Å². The highest BCUT2D eigenvalue weighted by Gasteiger charge is 2.37. The van der Waals surface area contributed by atoms with Crippen LogP contribution in [0.4, 0.5) is 17.6 Å². The first-order chi connectivity index (χ1) is 7.91. The van der Waals surface area contributed by atoms with Gasteiger partial charge in [0.15, 0.2) is 0 Å². The zero-order valence-corrected chi connectivity index (χ0v) is 9.99. The zero-order valence-electron chi connectivity index (χ0n) is 9.99. The number of hydrogen-bond donors (Lipinski definition) is 0. The molecule has 1 rings (SSSR count). The molecule has 1 aromatic carbocycles. The number of benzene rings is 1. The molecule has 0 unspecified atom stereocenters. The Bertz CT molecular complexity index is 380. The summed E-state index contributed by atoms with van der Waals surface area (Å²) in [4.78, 5) is 0. The highest BCUT2D eigenvalue weighted by molar-refractivity contribution is 5.36. The summed E-state index contributed by atoms with van der Waals surface area (Å²) in [5.41, 5.74) is -0.873. The Hall–Kier alpha value is -1.06. The van der Waals surface area contributed by atoms with Crippen LogP contribution in [0, 0.1) is 5.82 Å². The van der Waals surface area contributed by atoms with Crippen LogP contribution in [0.15, 0.2) is 12.1 Å². The number of aryl methyl sites for hydroxylation is 2. The van der Waals surface area contributed by atoms with Gasteiger partial charge in [0, 0.05) is 0 Å². The molecule has 0 aromatic heterocycles. The second kappa shape index (κ2) is 5.52. The molecule has 0 nitrogen and oxygen atoms in total. The molecule has 0 bridgehead atoms. The number of alkyl halides is 3. The molecular formula is C13H16F4. The molecule has 96 valence electrons. The van der Waals surface area contributed by atoms with E-state index in [4.69, 9.17) is 0 Å². The fourth-order valence-electron chi connectivity index (χ4n) is 1.91. The van der Waals surface area contributed by atoms with Crippen LogP contribution >= 0.6 is 0 Å². The van der Waals surface area contributed by atoms with Gasteiger partial charge in [-0.2, -0.15) is 13.2 Å². The van der Waals surface area contributed by atoms with Gasteiger partial charge in [0.05, 0.1) is 5.56 Å². The van der Waals surface area contributed by atoms with Crippen molar-refractivity contribution in [3.63, 3.8) is 0 Å². The van der Waals surface area contributed by atoms with Crippen molar-refractivity contribution in [2.45, 2.75) is 45.7 Å². The van der Waals surface area contributed by atoms with Crippen molar-refractivity contribution >= 4 is 0 Å². The third-order valence-electron chi connectivity index (χ3n) is 2.63. The molecule has 0 saturated carbocycles. The van der Waals surface area contributed by atoms with E-state index in [2.05, 4.69) is 0 Å². The van der Waals surface area contributed by atoms with E-state index < -0.39 is 17.6 Å². The van der Waals surface area contributed by atoms with Crippen molar-refractivity contribution in [2.75, 3.05) is 0 Å². The normalized spacial score (nSPS) is 11.9. The van der Waals surface area contributed by atoms with Crippen molar-refractivity contribution in [3.05, 3.63) is 34.6 Å². The standard InChI is InChI=1S/C13H16F4/c1-3-5-9-7-8-10(6-4-2)12(14)11(9)13(15,16)17/h7-8H,3-6H2,1-2H3. The third kappa shape index (κ3) is 3.20. The minimum absolute atomic E-state index is 0.0531. The highest BCUT2D eigenvalue weighted by Crippen LogP contribution is 2.36. The molecule has 17 heavy (non-hydrogen) atoms. The Morgan fingerprint density at radius 3 is 1.88 bits per heavy atom. The quantitative estimate of drug-likeness (QED) is 0.674. The van der Waals surface area contributed by atoms with Crippen LogP contribution in [0.3, 0.4) is 0 Å². The lowest BCUT2D eigenvalue weighted by molar-refractivity contribution is -0.140. The van der Waals surface area contributed by atoms with Crippen LogP contribution in [0.2, 0.25) is 0 Å². The Morgan fingerprint density at radius 2 is 1.41 bits per heavy atom. The summed E-state index contributed by atoms with van der Waals surface area (Å²) in [6.45, 7) is 3.59. The summed E-state index contributed by atoms with van der Waals surface area (Å²) in [6.07, 6.45) is -2.84. The smallest absolute Gasteiger partial charge is 0.206 e. The largest absolute Gasteiger partial charge is 0.419 e. The van der Waals surface area contributed by atoms with Gasteiger partial charge in [0.25, 0.3) is 0 Å². The molecular weight excluding hydrogens is 232 g/mol. The Morgan fingerprint density at radius 1 is 0.941 bits per heavy atom. The van der Waals surface area contributed by atoms with E-state index in [-0.39, 0.29) is 17.5 Å². The first kappa shape index (κ1) is 14.0. The summed E-state index contributed by atoms with van der Waals surface area (Å²) in [5, 5.41) is 0. The van der Waals surface area contributed by atoms with Crippen LogP contribution in [-0.2, 0) is 19.0 Å². The maximum atomic E-state index is 13.8. The summed E-state index contributed by atoms with van der Waals surface area (Å²) in [6, 6.07) is 2.87. The Balaban J connectivity index is 3.31. The maximum Gasteiger partial charge on any atom is 0.419 e. The molecule has 0 radical (unpaired) electrons. The molecule has 0 aliphatic rings. The maximum absolute atomic E-state index is 13.8. The summed E-state index contributed by atoms with van der Waals surface area (Å²) >= 11 is 0. The van der Waals surface area contributed by atoms with E-state index in [0.29, 0.717) is 19.3 Å². The zero-order chi connectivity index (χ0) is 13.1. The Kier molecular flexibility index (Phi) is 4.54. The molecule has 0 atom stereocenters. The number of halogens is 4. The lowest BCUT2D eigenvalue weighted by Gasteiger charge is -2.15. The molecule has 0 saturated heterocycles. The SMILES string of the molecule is CCCc1ccc(CCC)c(C(F)(F)F)c1F. The van der Waals surface area contributed by atoms with Crippen molar-refractivity contribution in [3.8, 4) is 0 Å². The molecule has 1 aromatic rings. The molecule has 0 fully saturated rings. The molecule has 0 aliphatic heterocycles. The summed E-state index contributed by atoms with van der Waals surface area (Å²) < 4.78 is 52.3. The van der Waals surface area contributed by atoms with Gasteiger partial charge in [0.2, 0.25) is 0 Å². The Labute approximate surface area is 98.6 Å². The van der Waals surface area contributed by atoms with Gasteiger partial charge in [-0.3, -0.25) is 0 Å². The first-order valence-electron chi connectivity index (χ1n) is 5.79. The molecule has 0 N–H and O–H groups in total. The highest BCUT2D eigenvalue weighted by atomic mass is 19.4. The summed E-state index contributed by atoms with van der Waals surface area (Å²) in [5.74, 6) is -1.09. The second-order valence-corrected chi connectivity index (χ2v) is 4.07. The van der Waals surface area contributed by atoms with Crippen molar-refractivity contribution in [1.29, 1.82) is 0 Å². The fraction of sp³-hybridized carbons (Fsp3) is 0.538. The van der Waals surface area contributed by atoms with Crippen molar-refractivity contribution in [2.24, 2.45) is 0 Å². The van der Waals surface area contributed by atoms with Gasteiger partial charge < -0.3 is 0 Å². The first-order valence-corrected chi connectivity index (χ1v) is 5.79. The lowest BCUT2D eigenvalue weighted by atomic mass is 9.97. The second-order valence-electron chi connectivity index (χ2n) is 4.07. The van der Waals surface area contributed by atoms with Crippen LogP contribution in [0.25, 0.3) is 0 Å². The van der Waals surface area contributed by atoms with E-state index in [1.54, 1.807) is 6.92 Å². The topological polar surface area (TPSA) is 0 Å². The third-order valence-corrected chi connectivity index (χ3v) is 2.63. The molecule has 0 amide bonds. The van der Waals surface area contributed by atoms with E-state index >= 15 is 0 Å². The molecule has 0 spiro atoms. The van der Waals surface area contributed by atoms with E-state index in [1.807, 2.05) is 6.92 Å². The minimum Gasteiger partial charge on any atom is -0.206 e. The minimum atomic E-state index is -4.61. The van der Waals surface area contributed by atoms with Gasteiger partial charge in [-0.15, -0.1) is 0 Å². The van der Waals surface area contributed by atoms with Crippen molar-refractivity contribution in [1.82, 2.24) is 0 Å². The van der Waals surface area contributed by atoms with Crippen LogP contribution in [0.1, 0.15) is 43.4 Å². The van der Waals surface area contributed by atoms with Crippen LogP contribution in [-0.4, -0.2) is 0 Å². The summed E-state index contributed by atoms with van der Waals surface area (Å²) in [7, 11) is 0. The van der Waals surface area contributed by atoms with Gasteiger partial charge in [-0.1, -0.05) is 38.8 Å². The van der Waals surface area contributed by atoms with Gasteiger partial charge >= 0.3 is 6.18 Å². The van der Waals surface area contributed by atoms with Crippen molar-refractivity contribution < 1.29 is 17.6 Å². The average molecular weight is 248 g/mol. The molecule has 4 heteroatoms. The average Bonchev–Trinajstić information content (AvgIpc) is 2.21. The number of rotatable bonds is 4. The fourth-order valence-corrected chi connectivity index (χ4v) is 1.91. The van der Waals surface area contributed by atoms with E-state index in [0.717, 1.165) is 0 Å². The van der Waals surface area contributed by atoms with Crippen LogP contribution in [0.5, 0.6) is 0 Å². The monoisotopic (exact) mass is 248 g/mol. The van der Waals surface area contributed by atoms with Gasteiger partial charge in [-0.25, -0.2) is 4.39 Å². The number of hydrogen-bond acceptors (Lipinski definition) is 0. The lowest BCUT2D eigenvalue weighted by Crippen LogP contribution is -2.14. The predicted octanol–water partition coefficient (Wildman–Crippen LogP) is 4.75.